The molecular formula is C19H27NO. The summed E-state index contributed by atoms with van der Waals surface area (Å²) in [5.74, 6) is 3.08. The van der Waals surface area contributed by atoms with E-state index in [-0.39, 0.29) is 5.91 Å². The van der Waals surface area contributed by atoms with E-state index in [1.54, 1.807) is 0 Å². The largest absolute Gasteiger partial charge is 0.349 e. The first-order valence-electron chi connectivity index (χ1n) is 8.45. The third-order valence-electron chi connectivity index (χ3n) is 5.63. The number of fused-ring (bicyclic) bond motifs is 2. The molecule has 2 bridgehead atoms. The number of rotatable bonds is 4. The van der Waals surface area contributed by atoms with Crippen LogP contribution < -0.4 is 5.32 Å². The highest BCUT2D eigenvalue weighted by atomic mass is 16.1. The average Bonchev–Trinajstić information content (AvgIpc) is 3.10. The van der Waals surface area contributed by atoms with E-state index in [2.05, 4.69) is 38.2 Å². The van der Waals surface area contributed by atoms with E-state index in [9.17, 15) is 4.79 Å². The topological polar surface area (TPSA) is 29.1 Å². The van der Waals surface area contributed by atoms with Crippen LogP contribution in [-0.4, -0.2) is 11.9 Å². The summed E-state index contributed by atoms with van der Waals surface area (Å²) >= 11 is 0. The average molecular weight is 285 g/mol. The van der Waals surface area contributed by atoms with Crippen LogP contribution >= 0.6 is 0 Å². The molecule has 2 aliphatic carbocycles. The Bertz CT molecular complexity index is 505. The molecule has 1 N–H and O–H groups in total. The molecule has 0 saturated heterocycles. The highest BCUT2D eigenvalue weighted by Crippen LogP contribution is 2.49. The molecule has 3 rings (SSSR count). The highest BCUT2D eigenvalue weighted by molar-refractivity contribution is 5.94. The second kappa shape index (κ2) is 5.82. The lowest BCUT2D eigenvalue weighted by molar-refractivity contribution is 0.0915. The summed E-state index contributed by atoms with van der Waals surface area (Å²) in [5, 5.41) is 3.23. The van der Waals surface area contributed by atoms with Crippen LogP contribution in [0, 0.1) is 17.8 Å². The quantitative estimate of drug-likeness (QED) is 0.874. The summed E-state index contributed by atoms with van der Waals surface area (Å²) < 4.78 is 0. The van der Waals surface area contributed by atoms with Gasteiger partial charge in [0.15, 0.2) is 0 Å². The van der Waals surface area contributed by atoms with E-state index < -0.39 is 0 Å². The van der Waals surface area contributed by atoms with Gasteiger partial charge in [-0.15, -0.1) is 0 Å². The Balaban J connectivity index is 1.60. The van der Waals surface area contributed by atoms with Crippen molar-refractivity contribution in [1.82, 2.24) is 5.32 Å². The maximum atomic E-state index is 12.4. The Kier molecular flexibility index (Phi) is 4.05. The predicted molar refractivity (Wildman–Crippen MR) is 86.4 cm³/mol. The van der Waals surface area contributed by atoms with E-state index in [1.165, 1.54) is 31.2 Å². The molecule has 0 aliphatic heterocycles. The lowest BCUT2D eigenvalue weighted by Crippen LogP contribution is -2.40. The number of nitrogens with one attached hydrogen (secondary N) is 1. The minimum Gasteiger partial charge on any atom is -0.349 e. The molecule has 2 fully saturated rings. The van der Waals surface area contributed by atoms with Gasteiger partial charge in [0.2, 0.25) is 0 Å². The zero-order valence-corrected chi connectivity index (χ0v) is 13.4. The molecule has 2 saturated carbocycles. The summed E-state index contributed by atoms with van der Waals surface area (Å²) in [6, 6.07) is 8.36. The first-order chi connectivity index (χ1) is 10.0. The van der Waals surface area contributed by atoms with E-state index in [1.807, 2.05) is 12.1 Å². The standard InChI is InChI=1S/C19H27NO/c1-12(2)15-6-8-16(9-7-15)19(21)20-13(3)18-11-14-4-5-17(18)10-14/h6-9,12-14,17-18H,4-5,10-11H2,1-3H3,(H,20,21). The molecule has 114 valence electrons. The van der Waals surface area contributed by atoms with Crippen LogP contribution in [0.1, 0.15) is 68.3 Å². The van der Waals surface area contributed by atoms with Gasteiger partial charge in [-0.2, -0.15) is 0 Å². The van der Waals surface area contributed by atoms with Gasteiger partial charge in [0.05, 0.1) is 0 Å². The van der Waals surface area contributed by atoms with Gasteiger partial charge in [0.1, 0.15) is 0 Å². The molecule has 1 aromatic carbocycles. The minimum absolute atomic E-state index is 0.0839. The fourth-order valence-electron chi connectivity index (χ4n) is 4.32. The summed E-state index contributed by atoms with van der Waals surface area (Å²) in [6.07, 6.45) is 5.50. The zero-order chi connectivity index (χ0) is 15.0. The molecule has 4 unspecified atom stereocenters. The van der Waals surface area contributed by atoms with Crippen LogP contribution in [0.2, 0.25) is 0 Å². The van der Waals surface area contributed by atoms with Gasteiger partial charge >= 0.3 is 0 Å². The lowest BCUT2D eigenvalue weighted by atomic mass is 9.84. The summed E-state index contributed by atoms with van der Waals surface area (Å²) in [7, 11) is 0. The number of hydrogen-bond acceptors (Lipinski definition) is 1. The third kappa shape index (κ3) is 3.00. The molecule has 0 heterocycles. The molecule has 21 heavy (non-hydrogen) atoms. The van der Waals surface area contributed by atoms with Crippen molar-refractivity contribution in [3.8, 4) is 0 Å². The van der Waals surface area contributed by atoms with Crippen LogP contribution in [0.25, 0.3) is 0 Å². The summed E-state index contributed by atoms with van der Waals surface area (Å²) in [5.41, 5.74) is 2.07. The number of carbonyl (C=O) groups excluding carboxylic acids is 1. The van der Waals surface area contributed by atoms with Gasteiger partial charge in [0.25, 0.3) is 5.91 Å². The predicted octanol–water partition coefficient (Wildman–Crippen LogP) is 4.36. The Morgan fingerprint density at radius 3 is 2.33 bits per heavy atom. The van der Waals surface area contributed by atoms with Gasteiger partial charge in [-0.1, -0.05) is 32.4 Å². The maximum Gasteiger partial charge on any atom is 0.251 e. The minimum atomic E-state index is 0.0839. The first-order valence-corrected chi connectivity index (χ1v) is 8.45. The van der Waals surface area contributed by atoms with Crippen LogP contribution in [0.5, 0.6) is 0 Å². The van der Waals surface area contributed by atoms with Crippen LogP contribution in [0.3, 0.4) is 0 Å². The third-order valence-corrected chi connectivity index (χ3v) is 5.63. The van der Waals surface area contributed by atoms with Gasteiger partial charge in [-0.25, -0.2) is 0 Å². The highest BCUT2D eigenvalue weighted by Gasteiger charge is 2.42. The molecule has 0 radical (unpaired) electrons. The van der Waals surface area contributed by atoms with Crippen molar-refractivity contribution in [2.45, 2.75) is 58.4 Å². The second-order valence-corrected chi connectivity index (χ2v) is 7.38. The molecule has 4 atom stereocenters. The van der Waals surface area contributed by atoms with E-state index in [0.29, 0.717) is 17.9 Å². The van der Waals surface area contributed by atoms with E-state index in [4.69, 9.17) is 0 Å². The molecule has 0 aromatic heterocycles. The van der Waals surface area contributed by atoms with E-state index >= 15 is 0 Å². The van der Waals surface area contributed by atoms with Gasteiger partial charge < -0.3 is 5.32 Å². The molecule has 2 heteroatoms. The number of hydrogen-bond donors (Lipinski definition) is 1. The van der Waals surface area contributed by atoms with Crippen molar-refractivity contribution >= 4 is 5.91 Å². The van der Waals surface area contributed by atoms with Crippen molar-refractivity contribution in [3.05, 3.63) is 35.4 Å². The summed E-state index contributed by atoms with van der Waals surface area (Å²) in [4.78, 5) is 12.4. The van der Waals surface area contributed by atoms with Crippen LogP contribution in [0.15, 0.2) is 24.3 Å². The Morgan fingerprint density at radius 2 is 1.81 bits per heavy atom. The zero-order valence-electron chi connectivity index (χ0n) is 13.4. The molecule has 0 spiro atoms. The number of carbonyl (C=O) groups is 1. The number of amides is 1. The SMILES string of the molecule is CC(C)c1ccc(C(=O)NC(C)C2CC3CCC2C3)cc1. The molecular weight excluding hydrogens is 258 g/mol. The van der Waals surface area contributed by atoms with Crippen molar-refractivity contribution in [2.24, 2.45) is 17.8 Å². The van der Waals surface area contributed by atoms with Gasteiger partial charge in [-0.3, -0.25) is 4.79 Å². The maximum absolute atomic E-state index is 12.4. The lowest BCUT2D eigenvalue weighted by Gasteiger charge is -2.28. The fourth-order valence-corrected chi connectivity index (χ4v) is 4.32. The smallest absolute Gasteiger partial charge is 0.251 e. The van der Waals surface area contributed by atoms with Crippen molar-refractivity contribution in [1.29, 1.82) is 0 Å². The number of benzene rings is 1. The van der Waals surface area contributed by atoms with E-state index in [0.717, 1.165) is 17.4 Å². The van der Waals surface area contributed by atoms with Crippen LogP contribution in [0.4, 0.5) is 0 Å². The Morgan fingerprint density at radius 1 is 1.10 bits per heavy atom. The monoisotopic (exact) mass is 285 g/mol. The van der Waals surface area contributed by atoms with Crippen molar-refractivity contribution in [2.75, 3.05) is 0 Å². The molecule has 1 amide bonds. The second-order valence-electron chi connectivity index (χ2n) is 7.38. The van der Waals surface area contributed by atoms with Crippen molar-refractivity contribution in [3.63, 3.8) is 0 Å². The van der Waals surface area contributed by atoms with Crippen LogP contribution in [-0.2, 0) is 0 Å². The Hall–Kier alpha value is -1.31. The molecule has 2 aliphatic rings. The first kappa shape index (κ1) is 14.6. The molecule has 1 aromatic rings. The van der Waals surface area contributed by atoms with Gasteiger partial charge in [0, 0.05) is 11.6 Å². The normalized spacial score (nSPS) is 28.9. The fraction of sp³-hybridized carbons (Fsp3) is 0.632. The van der Waals surface area contributed by atoms with Gasteiger partial charge in [-0.05, 0) is 67.6 Å². The summed E-state index contributed by atoms with van der Waals surface area (Å²) in [6.45, 7) is 6.53. The molecule has 2 nitrogen and oxygen atoms in total. The van der Waals surface area contributed by atoms with Crippen molar-refractivity contribution < 1.29 is 4.79 Å². The Labute approximate surface area is 128 Å².